The van der Waals surface area contributed by atoms with Gasteiger partial charge in [-0.1, -0.05) is 36.4 Å². The molecule has 0 saturated carbocycles. The van der Waals surface area contributed by atoms with Crippen LogP contribution in [0.4, 0.5) is 11.5 Å². The highest BCUT2D eigenvalue weighted by atomic mass is 16.5. The summed E-state index contributed by atoms with van der Waals surface area (Å²) in [5, 5.41) is 11.7. The van der Waals surface area contributed by atoms with Gasteiger partial charge in [0.25, 0.3) is 0 Å². The van der Waals surface area contributed by atoms with E-state index in [2.05, 4.69) is 5.32 Å². The summed E-state index contributed by atoms with van der Waals surface area (Å²) in [6.45, 7) is 1.51. The largest absolute Gasteiger partial charge is 0.486 e. The van der Waals surface area contributed by atoms with Crippen molar-refractivity contribution < 1.29 is 9.53 Å². The molecule has 0 spiro atoms. The Morgan fingerprint density at radius 1 is 1.03 bits per heavy atom. The topological polar surface area (TPSA) is 88.0 Å². The van der Waals surface area contributed by atoms with Crippen molar-refractivity contribution in [1.82, 2.24) is 9.97 Å². The zero-order valence-corrected chi connectivity index (χ0v) is 16.4. The number of hydrogen-bond donors (Lipinski definition) is 2. The fourth-order valence-electron chi connectivity index (χ4n) is 3.05. The van der Waals surface area contributed by atoms with E-state index in [9.17, 15) is 4.79 Å². The lowest BCUT2D eigenvalue weighted by molar-refractivity contribution is -0.118. The van der Waals surface area contributed by atoms with Crippen LogP contribution in [0.1, 0.15) is 12.5 Å². The Morgan fingerprint density at radius 3 is 2.70 bits per heavy atom. The van der Waals surface area contributed by atoms with E-state index in [0.29, 0.717) is 17.4 Å². The van der Waals surface area contributed by atoms with Gasteiger partial charge >= 0.3 is 0 Å². The van der Waals surface area contributed by atoms with Gasteiger partial charge in [0.1, 0.15) is 18.2 Å². The molecule has 1 aromatic heterocycles. The minimum Gasteiger partial charge on any atom is -0.486 e. The molecule has 0 aliphatic rings. The van der Waals surface area contributed by atoms with Gasteiger partial charge in [0.2, 0.25) is 0 Å². The molecule has 0 fully saturated rings. The predicted molar refractivity (Wildman–Crippen MR) is 119 cm³/mol. The Kier molecular flexibility index (Phi) is 5.48. The molecule has 4 aromatic rings. The molecular weight excluding hydrogens is 376 g/mol. The monoisotopic (exact) mass is 396 g/mol. The number of anilines is 2. The number of ether oxygens (including phenoxy) is 1. The Bertz CT molecular complexity index is 1240. The van der Waals surface area contributed by atoms with Crippen molar-refractivity contribution in [3.8, 4) is 17.1 Å². The first-order valence-electron chi connectivity index (χ1n) is 9.49. The summed E-state index contributed by atoms with van der Waals surface area (Å²) in [7, 11) is 0. The lowest BCUT2D eigenvalue weighted by Gasteiger charge is -2.12. The molecule has 6 nitrogen and oxygen atoms in total. The summed E-state index contributed by atoms with van der Waals surface area (Å²) in [5.41, 5.74) is 3.24. The van der Waals surface area contributed by atoms with E-state index in [0.717, 1.165) is 27.7 Å². The maximum Gasteiger partial charge on any atom is 0.167 e. The SMILES string of the molecule is CC(=O)COc1cccc(-c2nc(Nc3cccc(C=N)c3)c3ccccc3n2)c1. The van der Waals surface area contributed by atoms with Gasteiger partial charge in [-0.15, -0.1) is 0 Å². The molecule has 0 atom stereocenters. The molecule has 2 N–H and O–H groups in total. The van der Waals surface area contributed by atoms with Crippen molar-refractivity contribution >= 4 is 34.4 Å². The summed E-state index contributed by atoms with van der Waals surface area (Å²) in [5.74, 6) is 1.77. The van der Waals surface area contributed by atoms with E-state index in [1.54, 1.807) is 6.07 Å². The van der Waals surface area contributed by atoms with Crippen LogP contribution in [0.15, 0.2) is 72.8 Å². The second-order valence-electron chi connectivity index (χ2n) is 6.83. The number of hydrogen-bond acceptors (Lipinski definition) is 6. The van der Waals surface area contributed by atoms with E-state index in [4.69, 9.17) is 20.1 Å². The summed E-state index contributed by atoms with van der Waals surface area (Å²) >= 11 is 0. The number of carbonyl (C=O) groups excluding carboxylic acids is 1. The summed E-state index contributed by atoms with van der Waals surface area (Å²) in [6, 6.07) is 22.8. The number of rotatable bonds is 7. The van der Waals surface area contributed by atoms with E-state index in [-0.39, 0.29) is 12.4 Å². The summed E-state index contributed by atoms with van der Waals surface area (Å²) < 4.78 is 5.53. The van der Waals surface area contributed by atoms with Crippen LogP contribution in [0.25, 0.3) is 22.3 Å². The van der Waals surface area contributed by atoms with Crippen LogP contribution in [-0.2, 0) is 4.79 Å². The Balaban J connectivity index is 1.76. The first kappa shape index (κ1) is 19.3. The van der Waals surface area contributed by atoms with E-state index < -0.39 is 0 Å². The minimum absolute atomic E-state index is 0.0260. The minimum atomic E-state index is -0.0407. The predicted octanol–water partition coefficient (Wildman–Crippen LogP) is 5.01. The highest BCUT2D eigenvalue weighted by Gasteiger charge is 2.11. The van der Waals surface area contributed by atoms with Gasteiger partial charge in [0.05, 0.1) is 5.52 Å². The molecule has 0 bridgehead atoms. The van der Waals surface area contributed by atoms with Crippen molar-refractivity contribution in [2.45, 2.75) is 6.92 Å². The first-order valence-corrected chi connectivity index (χ1v) is 9.49. The molecule has 0 aliphatic heterocycles. The Hall–Kier alpha value is -4.06. The number of carbonyl (C=O) groups is 1. The molecule has 4 rings (SSSR count). The van der Waals surface area contributed by atoms with Crippen LogP contribution < -0.4 is 10.1 Å². The number of aromatic nitrogens is 2. The normalized spacial score (nSPS) is 10.6. The maximum atomic E-state index is 11.2. The fourth-order valence-corrected chi connectivity index (χ4v) is 3.05. The van der Waals surface area contributed by atoms with Crippen molar-refractivity contribution in [1.29, 1.82) is 5.41 Å². The van der Waals surface area contributed by atoms with Crippen molar-refractivity contribution in [3.63, 3.8) is 0 Å². The third-order valence-corrected chi connectivity index (χ3v) is 4.45. The quantitative estimate of drug-likeness (QED) is 0.429. The van der Waals surface area contributed by atoms with Crippen LogP contribution >= 0.6 is 0 Å². The second-order valence-corrected chi connectivity index (χ2v) is 6.83. The van der Waals surface area contributed by atoms with Crippen LogP contribution in [0.3, 0.4) is 0 Å². The molecule has 1 heterocycles. The highest BCUT2D eigenvalue weighted by molar-refractivity contribution is 5.92. The van der Waals surface area contributed by atoms with Crippen molar-refractivity contribution in [2.75, 3.05) is 11.9 Å². The van der Waals surface area contributed by atoms with Gasteiger partial charge in [-0.2, -0.15) is 0 Å². The van der Waals surface area contributed by atoms with Gasteiger partial charge in [0.15, 0.2) is 11.6 Å². The smallest absolute Gasteiger partial charge is 0.167 e. The second kappa shape index (κ2) is 8.53. The maximum absolute atomic E-state index is 11.2. The van der Waals surface area contributed by atoms with Gasteiger partial charge < -0.3 is 15.5 Å². The molecular formula is C24H20N4O2. The van der Waals surface area contributed by atoms with E-state index in [1.165, 1.54) is 13.1 Å². The Labute approximate surface area is 174 Å². The van der Waals surface area contributed by atoms with Gasteiger partial charge in [0, 0.05) is 22.9 Å². The standard InChI is InChI=1S/C24H20N4O2/c1-16(29)15-30-20-9-5-7-18(13-20)23-27-22-11-3-2-10-21(22)24(28-23)26-19-8-4-6-17(12-19)14-25/h2-14,25H,15H2,1H3,(H,26,27,28). The van der Waals surface area contributed by atoms with Crippen molar-refractivity contribution in [3.05, 3.63) is 78.4 Å². The highest BCUT2D eigenvalue weighted by Crippen LogP contribution is 2.29. The number of nitrogens with zero attached hydrogens (tertiary/aromatic N) is 2. The first-order chi connectivity index (χ1) is 14.6. The number of Topliss-reactive ketones (excluding diaryl/α,β-unsaturated/α-hetero) is 1. The lowest BCUT2D eigenvalue weighted by atomic mass is 10.1. The number of benzene rings is 3. The zero-order valence-electron chi connectivity index (χ0n) is 16.4. The molecule has 6 heteroatoms. The molecule has 0 unspecified atom stereocenters. The fraction of sp³-hybridized carbons (Fsp3) is 0.0833. The number of nitrogens with one attached hydrogen (secondary N) is 2. The molecule has 0 saturated heterocycles. The van der Waals surface area contributed by atoms with Crippen molar-refractivity contribution in [2.24, 2.45) is 0 Å². The molecule has 30 heavy (non-hydrogen) atoms. The molecule has 0 radical (unpaired) electrons. The average molecular weight is 396 g/mol. The summed E-state index contributed by atoms with van der Waals surface area (Å²) in [6.07, 6.45) is 1.31. The Morgan fingerprint density at radius 2 is 1.87 bits per heavy atom. The van der Waals surface area contributed by atoms with Crippen LogP contribution in [0.2, 0.25) is 0 Å². The number of ketones is 1. The third-order valence-electron chi connectivity index (χ3n) is 4.45. The van der Waals surface area contributed by atoms with Crippen LogP contribution in [-0.4, -0.2) is 28.6 Å². The van der Waals surface area contributed by atoms with E-state index >= 15 is 0 Å². The molecule has 0 amide bonds. The molecule has 3 aromatic carbocycles. The van der Waals surface area contributed by atoms with Crippen LogP contribution in [0, 0.1) is 5.41 Å². The lowest BCUT2D eigenvalue weighted by Crippen LogP contribution is -2.06. The van der Waals surface area contributed by atoms with E-state index in [1.807, 2.05) is 66.7 Å². The zero-order chi connectivity index (χ0) is 20.9. The van der Waals surface area contributed by atoms with Gasteiger partial charge in [-0.05, 0) is 48.9 Å². The molecule has 0 aliphatic carbocycles. The van der Waals surface area contributed by atoms with Crippen LogP contribution in [0.5, 0.6) is 5.75 Å². The number of fused-ring (bicyclic) bond motifs is 1. The molecule has 148 valence electrons. The summed E-state index contributed by atoms with van der Waals surface area (Å²) in [4.78, 5) is 20.7. The van der Waals surface area contributed by atoms with Gasteiger partial charge in [-0.25, -0.2) is 9.97 Å². The van der Waals surface area contributed by atoms with Gasteiger partial charge in [-0.3, -0.25) is 4.79 Å². The number of para-hydroxylation sites is 1. The average Bonchev–Trinajstić information content (AvgIpc) is 2.78. The third kappa shape index (κ3) is 4.33.